The summed E-state index contributed by atoms with van der Waals surface area (Å²) in [6, 6.07) is 2.56. The van der Waals surface area contributed by atoms with Gasteiger partial charge in [0, 0.05) is 37.2 Å². The molecule has 11 heteroatoms. The van der Waals surface area contributed by atoms with E-state index in [0.717, 1.165) is 24.2 Å². The first-order valence-electron chi connectivity index (χ1n) is 10.6. The summed E-state index contributed by atoms with van der Waals surface area (Å²) in [5, 5.41) is 18.7. The van der Waals surface area contributed by atoms with Gasteiger partial charge in [0.05, 0.1) is 16.7 Å². The van der Waals surface area contributed by atoms with Crippen molar-refractivity contribution in [3.8, 4) is 0 Å². The summed E-state index contributed by atoms with van der Waals surface area (Å²) >= 11 is 0. The molecule has 2 heterocycles. The number of nitro benzene ring substituents is 1. The zero-order valence-corrected chi connectivity index (χ0v) is 17.6. The van der Waals surface area contributed by atoms with Crippen molar-refractivity contribution < 1.29 is 22.9 Å². The molecule has 2 aliphatic rings. The van der Waals surface area contributed by atoms with Crippen LogP contribution in [0.15, 0.2) is 24.4 Å². The van der Waals surface area contributed by atoms with Gasteiger partial charge in [-0.3, -0.25) is 14.9 Å². The number of piperidine rings is 1. The van der Waals surface area contributed by atoms with Crippen molar-refractivity contribution in [3.63, 3.8) is 0 Å². The van der Waals surface area contributed by atoms with E-state index in [4.69, 9.17) is 0 Å². The maximum absolute atomic E-state index is 12.9. The number of anilines is 2. The normalized spacial score (nSPS) is 17.4. The Kier molecular flexibility index (Phi) is 5.83. The predicted molar refractivity (Wildman–Crippen MR) is 111 cm³/mol. The largest absolute Gasteiger partial charge is 0.416 e. The number of nitro groups is 1. The standard InChI is InChI=1S/C21H24F3N5O3/c1-13-11-25-28(12-14-2-3-14)19(13)26-20(30)15-6-8-27(9-7-15)17-5-4-16(21(22,23)24)10-18(17)29(31)32/h4-5,10-11,14-15H,2-3,6-9,12H2,1H3,(H,26,30). The molecule has 0 unspecified atom stereocenters. The zero-order valence-electron chi connectivity index (χ0n) is 17.6. The maximum Gasteiger partial charge on any atom is 0.416 e. The molecule has 2 aromatic rings. The van der Waals surface area contributed by atoms with Crippen molar-refractivity contribution in [2.24, 2.45) is 11.8 Å². The van der Waals surface area contributed by atoms with Gasteiger partial charge < -0.3 is 10.2 Å². The van der Waals surface area contributed by atoms with Crippen molar-refractivity contribution in [3.05, 3.63) is 45.6 Å². The first-order valence-corrected chi connectivity index (χ1v) is 10.6. The van der Waals surface area contributed by atoms with Crippen LogP contribution in [0.2, 0.25) is 0 Å². The molecule has 1 aliphatic carbocycles. The van der Waals surface area contributed by atoms with Gasteiger partial charge in [0.25, 0.3) is 5.69 Å². The Morgan fingerprint density at radius 2 is 1.94 bits per heavy atom. The maximum atomic E-state index is 12.9. The van der Waals surface area contributed by atoms with Crippen LogP contribution < -0.4 is 10.2 Å². The van der Waals surface area contributed by atoms with E-state index >= 15 is 0 Å². The van der Waals surface area contributed by atoms with E-state index in [-0.39, 0.29) is 17.5 Å². The molecule has 2 fully saturated rings. The molecule has 0 bridgehead atoms. The number of aromatic nitrogens is 2. The van der Waals surface area contributed by atoms with Gasteiger partial charge >= 0.3 is 6.18 Å². The van der Waals surface area contributed by atoms with Gasteiger partial charge in [-0.15, -0.1) is 0 Å². The first kappa shape index (κ1) is 22.1. The second-order valence-electron chi connectivity index (χ2n) is 8.51. The molecule has 1 aromatic carbocycles. The lowest BCUT2D eigenvalue weighted by atomic mass is 9.95. The zero-order chi connectivity index (χ0) is 23.0. The fourth-order valence-electron chi connectivity index (χ4n) is 4.04. The first-order chi connectivity index (χ1) is 15.1. The number of aryl methyl sites for hydroxylation is 1. The Hall–Kier alpha value is -3.11. The third-order valence-electron chi connectivity index (χ3n) is 6.10. The Balaban J connectivity index is 1.42. The smallest absolute Gasteiger partial charge is 0.366 e. The van der Waals surface area contributed by atoms with Gasteiger partial charge in [-0.1, -0.05) is 0 Å². The third kappa shape index (κ3) is 4.71. The average molecular weight is 451 g/mol. The van der Waals surface area contributed by atoms with Crippen molar-refractivity contribution >= 4 is 23.1 Å². The van der Waals surface area contributed by atoms with E-state index in [2.05, 4.69) is 10.4 Å². The topological polar surface area (TPSA) is 93.3 Å². The van der Waals surface area contributed by atoms with Crippen LogP contribution in [0.3, 0.4) is 0 Å². The highest BCUT2D eigenvalue weighted by Gasteiger charge is 2.35. The summed E-state index contributed by atoms with van der Waals surface area (Å²) in [6.45, 7) is 3.34. The highest BCUT2D eigenvalue weighted by molar-refractivity contribution is 5.92. The monoisotopic (exact) mass is 451 g/mol. The highest BCUT2D eigenvalue weighted by atomic mass is 19.4. The van der Waals surface area contributed by atoms with E-state index in [9.17, 15) is 28.1 Å². The van der Waals surface area contributed by atoms with E-state index < -0.39 is 22.4 Å². The number of nitrogens with one attached hydrogen (secondary N) is 1. The minimum absolute atomic E-state index is 0.132. The number of halogens is 3. The van der Waals surface area contributed by atoms with E-state index in [0.29, 0.717) is 43.7 Å². The molecule has 1 aromatic heterocycles. The van der Waals surface area contributed by atoms with Gasteiger partial charge in [0.15, 0.2) is 0 Å². The Morgan fingerprint density at radius 3 is 2.53 bits per heavy atom. The summed E-state index contributed by atoms with van der Waals surface area (Å²) < 4.78 is 40.7. The molecule has 0 radical (unpaired) electrons. The number of hydrogen-bond donors (Lipinski definition) is 1. The van der Waals surface area contributed by atoms with E-state index in [1.54, 1.807) is 11.1 Å². The minimum Gasteiger partial charge on any atom is -0.366 e. The van der Waals surface area contributed by atoms with Crippen molar-refractivity contribution in [1.29, 1.82) is 0 Å². The predicted octanol–water partition coefficient (Wildman–Crippen LogP) is 4.38. The molecule has 0 atom stereocenters. The molecule has 1 amide bonds. The summed E-state index contributed by atoms with van der Waals surface area (Å²) in [4.78, 5) is 25.1. The number of alkyl halides is 3. The Morgan fingerprint density at radius 1 is 1.25 bits per heavy atom. The summed E-state index contributed by atoms with van der Waals surface area (Å²) in [5.74, 6) is 0.881. The van der Waals surface area contributed by atoms with Crippen molar-refractivity contribution in [2.45, 2.75) is 45.3 Å². The number of amides is 1. The number of nitrogens with zero attached hydrogens (tertiary/aromatic N) is 4. The van der Waals surface area contributed by atoms with E-state index in [1.165, 1.54) is 12.8 Å². The molecule has 1 saturated carbocycles. The number of hydrogen-bond acceptors (Lipinski definition) is 5. The SMILES string of the molecule is Cc1cnn(CC2CC2)c1NC(=O)C1CCN(c2ccc(C(F)(F)F)cc2[N+](=O)[O-])CC1. The van der Waals surface area contributed by atoms with Gasteiger partial charge in [-0.2, -0.15) is 18.3 Å². The van der Waals surface area contributed by atoms with Gasteiger partial charge in [-0.25, -0.2) is 4.68 Å². The average Bonchev–Trinajstić information content (AvgIpc) is 3.51. The lowest BCUT2D eigenvalue weighted by molar-refractivity contribution is -0.384. The van der Waals surface area contributed by atoms with Crippen LogP contribution in [0.25, 0.3) is 0 Å². The molecule has 32 heavy (non-hydrogen) atoms. The van der Waals surface area contributed by atoms with Crippen LogP contribution in [0.1, 0.15) is 36.8 Å². The Labute approximate surface area is 182 Å². The van der Waals surface area contributed by atoms with Crippen LogP contribution in [0, 0.1) is 28.9 Å². The number of rotatable bonds is 6. The molecular weight excluding hydrogens is 427 g/mol. The van der Waals surface area contributed by atoms with Crippen LogP contribution in [-0.4, -0.2) is 33.7 Å². The van der Waals surface area contributed by atoms with Crippen molar-refractivity contribution in [1.82, 2.24) is 9.78 Å². The van der Waals surface area contributed by atoms with E-state index in [1.807, 2.05) is 11.6 Å². The van der Waals surface area contributed by atoms with Crippen LogP contribution in [-0.2, 0) is 17.5 Å². The molecule has 4 rings (SSSR count). The molecule has 1 aliphatic heterocycles. The van der Waals surface area contributed by atoms with Gasteiger partial charge in [0.1, 0.15) is 11.5 Å². The second kappa shape index (κ2) is 8.44. The second-order valence-corrected chi connectivity index (χ2v) is 8.51. The van der Waals surface area contributed by atoms with Gasteiger partial charge in [0.2, 0.25) is 5.91 Å². The molecule has 1 N–H and O–H groups in total. The quantitative estimate of drug-likeness (QED) is 0.520. The third-order valence-corrected chi connectivity index (χ3v) is 6.10. The lowest BCUT2D eigenvalue weighted by Gasteiger charge is -2.32. The van der Waals surface area contributed by atoms with Crippen molar-refractivity contribution in [2.75, 3.05) is 23.3 Å². The summed E-state index contributed by atoms with van der Waals surface area (Å²) in [7, 11) is 0. The number of benzene rings is 1. The molecule has 172 valence electrons. The summed E-state index contributed by atoms with van der Waals surface area (Å²) in [6.07, 6.45) is 0.296. The van der Waals surface area contributed by atoms with Crippen LogP contribution >= 0.6 is 0 Å². The minimum atomic E-state index is -4.65. The fourth-order valence-corrected chi connectivity index (χ4v) is 4.04. The lowest BCUT2D eigenvalue weighted by Crippen LogP contribution is -2.38. The van der Waals surface area contributed by atoms with Crippen LogP contribution in [0.4, 0.5) is 30.4 Å². The molecule has 8 nitrogen and oxygen atoms in total. The summed E-state index contributed by atoms with van der Waals surface area (Å²) in [5.41, 5.74) is -0.611. The molecule has 0 spiro atoms. The number of carbonyl (C=O) groups is 1. The highest BCUT2D eigenvalue weighted by Crippen LogP contribution is 2.38. The van der Waals surface area contributed by atoms with Crippen LogP contribution in [0.5, 0.6) is 0 Å². The Bertz CT molecular complexity index is 1020. The number of carbonyl (C=O) groups excluding carboxylic acids is 1. The molecule has 1 saturated heterocycles. The fraction of sp³-hybridized carbons (Fsp3) is 0.524. The van der Waals surface area contributed by atoms with Gasteiger partial charge in [-0.05, 0) is 50.7 Å². The molecular formula is C21H24F3N5O3.